The zero-order chi connectivity index (χ0) is 18.7. The number of nitrogens with one attached hydrogen (secondary N) is 4. The largest absolute Gasteiger partial charge is 0.447 e. The van der Waals surface area contributed by atoms with E-state index in [-0.39, 0.29) is 35.4 Å². The van der Waals surface area contributed by atoms with Gasteiger partial charge in [0.2, 0.25) is 11.8 Å². The summed E-state index contributed by atoms with van der Waals surface area (Å²) in [6.45, 7) is 5.11. The molecule has 3 heterocycles. The predicted molar refractivity (Wildman–Crippen MR) is 96.6 cm³/mol. The second kappa shape index (κ2) is 8.55. The molecule has 3 amide bonds. The molecule has 9 nitrogen and oxygen atoms in total. The molecule has 0 aliphatic carbocycles. The van der Waals surface area contributed by atoms with E-state index in [0.29, 0.717) is 6.42 Å². The molecule has 0 radical (unpaired) electrons. The fourth-order valence-electron chi connectivity index (χ4n) is 3.55. The number of fused-ring (bicyclic) bond motifs is 1. The molecular formula is C16H27N5O4S. The van der Waals surface area contributed by atoms with Gasteiger partial charge < -0.3 is 10.1 Å². The molecule has 0 aromatic rings. The van der Waals surface area contributed by atoms with Gasteiger partial charge in [0.15, 0.2) is 0 Å². The monoisotopic (exact) mass is 385 g/mol. The van der Waals surface area contributed by atoms with Crippen LogP contribution in [0.3, 0.4) is 0 Å². The summed E-state index contributed by atoms with van der Waals surface area (Å²) in [6, 6.07) is 0. The predicted octanol–water partition coefficient (Wildman–Crippen LogP) is -0.0536. The second-order valence-corrected chi connectivity index (χ2v) is 8.42. The Morgan fingerprint density at radius 1 is 1.23 bits per heavy atom. The first-order valence-electron chi connectivity index (χ1n) is 9.10. The van der Waals surface area contributed by atoms with Gasteiger partial charge in [-0.15, -0.1) is 11.8 Å². The van der Waals surface area contributed by atoms with Crippen LogP contribution in [0.15, 0.2) is 0 Å². The van der Waals surface area contributed by atoms with E-state index >= 15 is 0 Å². The average Bonchev–Trinajstić information content (AvgIpc) is 3.21. The third-order valence-corrected chi connectivity index (χ3v) is 6.19. The van der Waals surface area contributed by atoms with E-state index in [1.165, 1.54) is 0 Å². The van der Waals surface area contributed by atoms with Crippen molar-refractivity contribution in [1.82, 2.24) is 26.4 Å². The topological polar surface area (TPSA) is 112 Å². The molecule has 3 fully saturated rings. The van der Waals surface area contributed by atoms with E-state index in [0.717, 1.165) is 31.8 Å². The Labute approximate surface area is 157 Å². The first-order chi connectivity index (χ1) is 12.4. The number of imide groups is 1. The molecule has 4 N–H and O–H groups in total. The second-order valence-electron chi connectivity index (χ2n) is 7.17. The SMILES string of the molecule is CC(C)OC(=O)NC(=O)C1CCSC1NC(=O)C1CCN2CNNC2C1. The number of alkyl carbamates (subject to hydrolysis) is 1. The standard InChI is InChI=1S/C16H27N5O4S/c1-9(2)25-16(24)19-14(23)11-4-6-26-15(11)18-13(22)10-3-5-21-8-17-20-12(21)7-10/h9-12,15,17,20H,3-8H2,1-2H3,(H,18,22)(H,19,23,24). The Kier molecular flexibility index (Phi) is 6.38. The minimum atomic E-state index is -0.737. The number of hydrogen-bond donors (Lipinski definition) is 4. The molecule has 3 saturated heterocycles. The molecule has 0 aromatic carbocycles. The number of rotatable bonds is 4. The molecule has 0 bridgehead atoms. The molecule has 0 spiro atoms. The van der Waals surface area contributed by atoms with Gasteiger partial charge in [0.25, 0.3) is 0 Å². The Morgan fingerprint density at radius 2 is 2.04 bits per heavy atom. The van der Waals surface area contributed by atoms with Crippen LogP contribution >= 0.6 is 11.8 Å². The van der Waals surface area contributed by atoms with Gasteiger partial charge in [-0.1, -0.05) is 0 Å². The van der Waals surface area contributed by atoms with Gasteiger partial charge in [-0.2, -0.15) is 0 Å². The third kappa shape index (κ3) is 4.67. The van der Waals surface area contributed by atoms with E-state index in [1.54, 1.807) is 25.6 Å². The van der Waals surface area contributed by atoms with Crippen molar-refractivity contribution < 1.29 is 19.1 Å². The number of thioether (sulfide) groups is 1. The summed E-state index contributed by atoms with van der Waals surface area (Å²) in [5.41, 5.74) is 6.27. The average molecular weight is 385 g/mol. The summed E-state index contributed by atoms with van der Waals surface area (Å²) in [4.78, 5) is 38.9. The van der Waals surface area contributed by atoms with Crippen LogP contribution in [-0.4, -0.2) is 59.4 Å². The first kappa shape index (κ1) is 19.4. The number of carbonyl (C=O) groups excluding carboxylic acids is 3. The molecule has 3 rings (SSSR count). The van der Waals surface area contributed by atoms with E-state index in [9.17, 15) is 14.4 Å². The summed E-state index contributed by atoms with van der Waals surface area (Å²) < 4.78 is 4.95. The lowest BCUT2D eigenvalue weighted by molar-refractivity contribution is -0.128. The highest BCUT2D eigenvalue weighted by atomic mass is 32.2. The fourth-order valence-corrected chi connectivity index (χ4v) is 4.89. The van der Waals surface area contributed by atoms with Crippen LogP contribution in [0, 0.1) is 11.8 Å². The van der Waals surface area contributed by atoms with Gasteiger partial charge >= 0.3 is 6.09 Å². The lowest BCUT2D eigenvalue weighted by Gasteiger charge is -2.33. The van der Waals surface area contributed by atoms with Crippen molar-refractivity contribution in [2.24, 2.45) is 11.8 Å². The molecule has 4 unspecified atom stereocenters. The van der Waals surface area contributed by atoms with Crippen LogP contribution in [0.4, 0.5) is 4.79 Å². The minimum Gasteiger partial charge on any atom is -0.447 e. The number of nitrogens with zero attached hydrogens (tertiary/aromatic N) is 1. The van der Waals surface area contributed by atoms with E-state index in [2.05, 4.69) is 26.4 Å². The Balaban J connectivity index is 1.50. The molecule has 0 aromatic heterocycles. The maximum absolute atomic E-state index is 12.7. The Bertz CT molecular complexity index is 561. The van der Waals surface area contributed by atoms with E-state index in [4.69, 9.17) is 4.74 Å². The lowest BCUT2D eigenvalue weighted by Crippen LogP contribution is -2.50. The zero-order valence-electron chi connectivity index (χ0n) is 15.1. The van der Waals surface area contributed by atoms with Crippen LogP contribution in [0.25, 0.3) is 0 Å². The summed E-state index contributed by atoms with van der Waals surface area (Å²) in [5, 5.41) is 4.99. The molecular weight excluding hydrogens is 358 g/mol. The Morgan fingerprint density at radius 3 is 2.81 bits per heavy atom. The quantitative estimate of drug-likeness (QED) is 0.533. The molecule has 3 aliphatic rings. The maximum atomic E-state index is 12.7. The van der Waals surface area contributed by atoms with Crippen molar-refractivity contribution in [1.29, 1.82) is 0 Å². The highest BCUT2D eigenvalue weighted by Gasteiger charge is 2.39. The third-order valence-electron chi connectivity index (χ3n) is 4.92. The van der Waals surface area contributed by atoms with Crippen molar-refractivity contribution in [3.05, 3.63) is 0 Å². The van der Waals surface area contributed by atoms with Gasteiger partial charge in [0, 0.05) is 12.5 Å². The highest BCUT2D eigenvalue weighted by Crippen LogP contribution is 2.32. The number of amides is 3. The smallest absolute Gasteiger partial charge is 0.414 e. The van der Waals surface area contributed by atoms with Gasteiger partial charge in [-0.25, -0.2) is 15.6 Å². The lowest BCUT2D eigenvalue weighted by atomic mass is 9.93. The number of piperidine rings is 1. The molecule has 3 aliphatic heterocycles. The zero-order valence-corrected chi connectivity index (χ0v) is 15.9. The number of ether oxygens (including phenoxy) is 1. The molecule has 10 heteroatoms. The number of hydrogen-bond acceptors (Lipinski definition) is 8. The normalized spacial score (nSPS) is 31.5. The number of hydrazine groups is 1. The number of carbonyl (C=O) groups is 3. The van der Waals surface area contributed by atoms with Gasteiger partial charge in [0.05, 0.1) is 30.2 Å². The molecule has 146 valence electrons. The maximum Gasteiger partial charge on any atom is 0.414 e. The van der Waals surface area contributed by atoms with Crippen LogP contribution < -0.4 is 21.5 Å². The van der Waals surface area contributed by atoms with Crippen molar-refractivity contribution >= 4 is 29.7 Å². The fraction of sp³-hybridized carbons (Fsp3) is 0.812. The Hall–Kier alpha value is -1.36. The molecule has 26 heavy (non-hydrogen) atoms. The van der Waals surface area contributed by atoms with Crippen LogP contribution in [-0.2, 0) is 14.3 Å². The van der Waals surface area contributed by atoms with Crippen LogP contribution in [0.5, 0.6) is 0 Å². The van der Waals surface area contributed by atoms with Gasteiger partial charge in [-0.05, 0) is 38.9 Å². The molecule has 0 saturated carbocycles. The van der Waals surface area contributed by atoms with Crippen molar-refractivity contribution in [2.75, 3.05) is 19.0 Å². The summed E-state index contributed by atoms with van der Waals surface area (Å²) in [5.74, 6) is -0.119. The van der Waals surface area contributed by atoms with E-state index in [1.807, 2.05) is 0 Å². The molecule has 4 atom stereocenters. The van der Waals surface area contributed by atoms with E-state index < -0.39 is 12.0 Å². The van der Waals surface area contributed by atoms with Crippen molar-refractivity contribution in [3.63, 3.8) is 0 Å². The highest BCUT2D eigenvalue weighted by molar-refractivity contribution is 8.00. The first-order valence-corrected chi connectivity index (χ1v) is 10.1. The summed E-state index contributed by atoms with van der Waals surface area (Å²) in [6.07, 6.45) is 1.33. The summed E-state index contributed by atoms with van der Waals surface area (Å²) >= 11 is 1.55. The summed E-state index contributed by atoms with van der Waals surface area (Å²) in [7, 11) is 0. The van der Waals surface area contributed by atoms with Crippen molar-refractivity contribution in [3.8, 4) is 0 Å². The van der Waals surface area contributed by atoms with Gasteiger partial charge in [0.1, 0.15) is 0 Å². The van der Waals surface area contributed by atoms with Gasteiger partial charge in [-0.3, -0.25) is 19.8 Å². The van der Waals surface area contributed by atoms with Crippen LogP contribution in [0.1, 0.15) is 33.1 Å². The van der Waals surface area contributed by atoms with Crippen molar-refractivity contribution in [2.45, 2.75) is 50.8 Å². The van der Waals surface area contributed by atoms with Crippen LogP contribution in [0.2, 0.25) is 0 Å². The minimum absolute atomic E-state index is 0.0136.